The Morgan fingerprint density at radius 3 is 2.43 bits per heavy atom. The number of hydrogen-bond donors (Lipinski definition) is 2. The summed E-state index contributed by atoms with van der Waals surface area (Å²) in [7, 11) is -3.82. The molecule has 118 valence electrons. The number of carbonyl (C=O) groups is 1. The molecule has 1 aromatic rings. The molecule has 6 nitrogen and oxygen atoms in total. The van der Waals surface area contributed by atoms with Crippen LogP contribution in [0, 0.1) is 5.92 Å². The fraction of sp³-hybridized carbons (Fsp3) is 0.643. The van der Waals surface area contributed by atoms with Gasteiger partial charge in [-0.15, -0.1) is 0 Å². The van der Waals surface area contributed by atoms with Gasteiger partial charge in [-0.1, -0.05) is 0 Å². The van der Waals surface area contributed by atoms with Gasteiger partial charge in [0.25, 0.3) is 5.91 Å². The van der Waals surface area contributed by atoms with Crippen LogP contribution in [0.5, 0.6) is 0 Å². The molecular formula is C14H23N3O3S. The minimum absolute atomic E-state index is 0.0365. The highest BCUT2D eigenvalue weighted by Crippen LogP contribution is 2.39. The highest BCUT2D eigenvalue weighted by Gasteiger charge is 2.39. The van der Waals surface area contributed by atoms with Crippen LogP contribution in [-0.4, -0.2) is 24.4 Å². The van der Waals surface area contributed by atoms with E-state index in [1.165, 1.54) is 12.3 Å². The van der Waals surface area contributed by atoms with Gasteiger partial charge in [0, 0.05) is 17.8 Å². The van der Waals surface area contributed by atoms with Crippen LogP contribution in [0.1, 0.15) is 57.1 Å². The van der Waals surface area contributed by atoms with Gasteiger partial charge in [-0.05, 0) is 52.5 Å². The molecule has 0 aromatic carbocycles. The van der Waals surface area contributed by atoms with Crippen LogP contribution in [-0.2, 0) is 10.0 Å². The minimum Gasteiger partial charge on any atom is -0.346 e. The highest BCUT2D eigenvalue weighted by molar-refractivity contribution is 7.89. The minimum atomic E-state index is -3.82. The second-order valence-corrected chi connectivity index (χ2v) is 8.12. The maximum absolute atomic E-state index is 12.5. The van der Waals surface area contributed by atoms with Crippen LogP contribution in [0.2, 0.25) is 0 Å². The first-order valence-electron chi connectivity index (χ1n) is 7.09. The Balaban J connectivity index is 2.33. The van der Waals surface area contributed by atoms with Gasteiger partial charge < -0.3 is 9.88 Å². The monoisotopic (exact) mass is 313 g/mol. The zero-order valence-corrected chi connectivity index (χ0v) is 13.7. The second kappa shape index (κ2) is 5.14. The van der Waals surface area contributed by atoms with Crippen molar-refractivity contribution in [3.05, 3.63) is 18.0 Å². The van der Waals surface area contributed by atoms with E-state index in [9.17, 15) is 13.2 Å². The van der Waals surface area contributed by atoms with E-state index in [1.54, 1.807) is 4.57 Å². The zero-order chi connectivity index (χ0) is 16.0. The van der Waals surface area contributed by atoms with Gasteiger partial charge in [0.1, 0.15) is 10.6 Å². The van der Waals surface area contributed by atoms with E-state index in [1.807, 2.05) is 27.7 Å². The second-order valence-electron chi connectivity index (χ2n) is 6.56. The topological polar surface area (TPSA) is 94.2 Å². The quantitative estimate of drug-likeness (QED) is 0.865. The Kier molecular flexibility index (Phi) is 3.92. The van der Waals surface area contributed by atoms with Crippen molar-refractivity contribution in [1.29, 1.82) is 0 Å². The van der Waals surface area contributed by atoms with E-state index in [2.05, 4.69) is 5.32 Å². The smallest absolute Gasteiger partial charge is 0.268 e. The lowest BCUT2D eigenvalue weighted by molar-refractivity contribution is 0.0892. The summed E-state index contributed by atoms with van der Waals surface area (Å²) < 4.78 is 24.6. The molecule has 0 atom stereocenters. The van der Waals surface area contributed by atoms with Crippen LogP contribution in [0.4, 0.5) is 0 Å². The summed E-state index contributed by atoms with van der Waals surface area (Å²) in [6.45, 7) is 7.75. The van der Waals surface area contributed by atoms with Gasteiger partial charge in [0.2, 0.25) is 10.0 Å². The number of nitrogens with one attached hydrogen (secondary N) is 1. The Morgan fingerprint density at radius 2 is 2.00 bits per heavy atom. The molecular weight excluding hydrogens is 290 g/mol. The number of nitrogens with zero attached hydrogens (tertiary/aromatic N) is 1. The van der Waals surface area contributed by atoms with Crippen molar-refractivity contribution in [2.45, 2.75) is 57.0 Å². The van der Waals surface area contributed by atoms with Crippen molar-refractivity contribution < 1.29 is 13.2 Å². The molecule has 2 rings (SSSR count). The Hall–Kier alpha value is -1.34. The van der Waals surface area contributed by atoms with Crippen LogP contribution in [0.25, 0.3) is 0 Å². The van der Waals surface area contributed by atoms with Crippen molar-refractivity contribution in [2.24, 2.45) is 11.1 Å². The molecule has 1 saturated carbocycles. The third-order valence-corrected chi connectivity index (χ3v) is 4.85. The van der Waals surface area contributed by atoms with Crippen molar-refractivity contribution >= 4 is 15.9 Å². The lowest BCUT2D eigenvalue weighted by Crippen LogP contribution is -2.45. The molecule has 0 spiro atoms. The molecule has 1 aliphatic carbocycles. The summed E-state index contributed by atoms with van der Waals surface area (Å²) in [4.78, 5) is 12.5. The fourth-order valence-electron chi connectivity index (χ4n) is 2.48. The molecule has 1 heterocycles. The van der Waals surface area contributed by atoms with Crippen molar-refractivity contribution in [2.75, 3.05) is 0 Å². The lowest BCUT2D eigenvalue weighted by Gasteiger charge is -2.26. The molecule has 1 fully saturated rings. The van der Waals surface area contributed by atoms with Gasteiger partial charge >= 0.3 is 0 Å². The van der Waals surface area contributed by atoms with Crippen LogP contribution < -0.4 is 10.5 Å². The number of aromatic nitrogens is 1. The Morgan fingerprint density at radius 1 is 1.43 bits per heavy atom. The molecule has 0 aliphatic heterocycles. The van der Waals surface area contributed by atoms with Crippen molar-refractivity contribution in [1.82, 2.24) is 9.88 Å². The van der Waals surface area contributed by atoms with E-state index >= 15 is 0 Å². The standard InChI is InChI=1S/C14H23N3O3S/c1-9(2)17-8-11(21(15,19)20)7-12(17)13(18)16-14(3,4)10-5-6-10/h7-10H,5-6H2,1-4H3,(H,16,18)(H2,15,19,20). The van der Waals surface area contributed by atoms with Gasteiger partial charge in [-0.3, -0.25) is 4.79 Å². The summed E-state index contributed by atoms with van der Waals surface area (Å²) in [5.74, 6) is 0.220. The number of rotatable bonds is 5. The fourth-order valence-corrected chi connectivity index (χ4v) is 3.02. The molecule has 0 radical (unpaired) electrons. The molecule has 1 amide bonds. The third-order valence-electron chi connectivity index (χ3n) is 3.97. The zero-order valence-electron chi connectivity index (χ0n) is 12.9. The number of nitrogens with two attached hydrogens (primary N) is 1. The number of carbonyl (C=O) groups excluding carboxylic acids is 1. The van der Waals surface area contributed by atoms with Gasteiger partial charge in [0.05, 0.1) is 0 Å². The van der Waals surface area contributed by atoms with Crippen molar-refractivity contribution in [3.8, 4) is 0 Å². The Bertz CT molecular complexity index is 655. The lowest BCUT2D eigenvalue weighted by atomic mass is 9.98. The molecule has 21 heavy (non-hydrogen) atoms. The average Bonchev–Trinajstić information content (AvgIpc) is 3.05. The van der Waals surface area contributed by atoms with Crippen LogP contribution in [0.15, 0.2) is 17.2 Å². The number of sulfonamides is 1. The van der Waals surface area contributed by atoms with Crippen molar-refractivity contribution in [3.63, 3.8) is 0 Å². The molecule has 0 bridgehead atoms. The van der Waals surface area contributed by atoms with E-state index in [4.69, 9.17) is 5.14 Å². The first-order valence-corrected chi connectivity index (χ1v) is 8.64. The first-order chi connectivity index (χ1) is 9.52. The molecule has 1 aliphatic rings. The molecule has 3 N–H and O–H groups in total. The summed E-state index contributed by atoms with van der Waals surface area (Å²) in [5.41, 5.74) is 0.0352. The number of primary sulfonamides is 1. The molecule has 7 heteroatoms. The van der Waals surface area contributed by atoms with E-state index in [-0.39, 0.29) is 22.4 Å². The van der Waals surface area contributed by atoms with E-state index in [0.29, 0.717) is 11.6 Å². The maximum atomic E-state index is 12.5. The average molecular weight is 313 g/mol. The third kappa shape index (κ3) is 3.47. The summed E-state index contributed by atoms with van der Waals surface area (Å²) in [6.07, 6.45) is 3.64. The predicted octanol–water partition coefficient (Wildman–Crippen LogP) is 1.63. The molecule has 0 unspecified atom stereocenters. The first kappa shape index (κ1) is 16.0. The number of hydrogen-bond acceptors (Lipinski definition) is 3. The van der Waals surface area contributed by atoms with E-state index in [0.717, 1.165) is 12.8 Å². The van der Waals surface area contributed by atoms with E-state index < -0.39 is 10.0 Å². The molecule has 0 saturated heterocycles. The number of amides is 1. The largest absolute Gasteiger partial charge is 0.346 e. The summed E-state index contributed by atoms with van der Waals surface area (Å²) >= 11 is 0. The van der Waals surface area contributed by atoms with Crippen LogP contribution >= 0.6 is 0 Å². The van der Waals surface area contributed by atoms with Gasteiger partial charge in [-0.25, -0.2) is 13.6 Å². The van der Waals surface area contributed by atoms with Gasteiger partial charge in [-0.2, -0.15) is 0 Å². The summed E-state index contributed by atoms with van der Waals surface area (Å²) in [6, 6.07) is 1.30. The SMILES string of the molecule is CC(C)n1cc(S(N)(=O)=O)cc1C(=O)NC(C)(C)C1CC1. The van der Waals surface area contributed by atoms with Crippen LogP contribution in [0.3, 0.4) is 0 Å². The molecule has 1 aromatic heterocycles. The maximum Gasteiger partial charge on any atom is 0.268 e. The predicted molar refractivity (Wildman–Crippen MR) is 80.5 cm³/mol. The Labute approximate surface area is 125 Å². The van der Waals surface area contributed by atoms with Gasteiger partial charge in [0.15, 0.2) is 0 Å². The summed E-state index contributed by atoms with van der Waals surface area (Å²) in [5, 5.41) is 8.15. The highest BCUT2D eigenvalue weighted by atomic mass is 32.2. The normalized spacial score (nSPS) is 16.3.